The highest BCUT2D eigenvalue weighted by molar-refractivity contribution is 7.89. The van der Waals surface area contributed by atoms with Crippen molar-refractivity contribution >= 4 is 16.0 Å². The fraction of sp³-hybridized carbons (Fsp3) is 0.500. The number of benzene rings is 1. The van der Waals surface area contributed by atoms with E-state index in [9.17, 15) is 18.3 Å². The Morgan fingerprint density at radius 3 is 2.71 bits per heavy atom. The van der Waals surface area contributed by atoms with Crippen LogP contribution >= 0.6 is 0 Å². The molecule has 0 aromatic heterocycles. The molecule has 2 unspecified atom stereocenters. The molecule has 0 bridgehead atoms. The summed E-state index contributed by atoms with van der Waals surface area (Å²) in [5.74, 6) is -1.38. The number of carboxylic acids is 1. The summed E-state index contributed by atoms with van der Waals surface area (Å²) in [7, 11) is -3.61. The van der Waals surface area contributed by atoms with Gasteiger partial charge < -0.3 is 10.4 Å². The van der Waals surface area contributed by atoms with Gasteiger partial charge in [0.1, 0.15) is 6.04 Å². The minimum atomic E-state index is -3.61. The first-order chi connectivity index (χ1) is 9.92. The average molecular weight is 312 g/mol. The Labute approximate surface area is 124 Å². The average Bonchev–Trinajstić information content (AvgIpc) is 2.47. The predicted molar refractivity (Wildman–Crippen MR) is 79.6 cm³/mol. The van der Waals surface area contributed by atoms with Crippen molar-refractivity contribution in [3.8, 4) is 0 Å². The van der Waals surface area contributed by atoms with Crippen LogP contribution in [0.15, 0.2) is 30.3 Å². The van der Waals surface area contributed by atoms with Crippen LogP contribution in [0, 0.1) is 0 Å². The van der Waals surface area contributed by atoms with Gasteiger partial charge in [-0.25, -0.2) is 8.42 Å². The summed E-state index contributed by atoms with van der Waals surface area (Å²) in [4.78, 5) is 11.2. The maximum atomic E-state index is 12.5. The van der Waals surface area contributed by atoms with Crippen molar-refractivity contribution in [3.63, 3.8) is 0 Å². The van der Waals surface area contributed by atoms with Crippen molar-refractivity contribution in [2.75, 3.05) is 25.4 Å². The molecular formula is C14H20N2O4S. The maximum Gasteiger partial charge on any atom is 0.323 e. The lowest BCUT2D eigenvalue weighted by Crippen LogP contribution is -2.57. The first kappa shape index (κ1) is 15.9. The van der Waals surface area contributed by atoms with E-state index >= 15 is 0 Å². The molecule has 2 N–H and O–H groups in total. The third kappa shape index (κ3) is 3.81. The van der Waals surface area contributed by atoms with E-state index in [0.717, 1.165) is 9.87 Å². The summed E-state index contributed by atoms with van der Waals surface area (Å²) in [6.07, 6.45) is 0. The van der Waals surface area contributed by atoms with Gasteiger partial charge in [0.15, 0.2) is 0 Å². The lowest BCUT2D eigenvalue weighted by atomic mass is 10.0. The monoisotopic (exact) mass is 312 g/mol. The van der Waals surface area contributed by atoms with Gasteiger partial charge in [0.05, 0.1) is 5.75 Å². The SMILES string of the molecule is CC(CS(=O)(=O)N1CCNCC1C(=O)O)c1ccccc1. The van der Waals surface area contributed by atoms with Crippen LogP contribution in [0.5, 0.6) is 0 Å². The van der Waals surface area contributed by atoms with Crippen molar-refractivity contribution < 1.29 is 18.3 Å². The molecule has 2 rings (SSSR count). The minimum absolute atomic E-state index is 0.0825. The van der Waals surface area contributed by atoms with Crippen LogP contribution in [0.25, 0.3) is 0 Å². The zero-order valence-corrected chi connectivity index (χ0v) is 12.7. The summed E-state index contributed by atoms with van der Waals surface area (Å²) in [6, 6.07) is 8.35. The molecule has 0 saturated carbocycles. The Kier molecular flexibility index (Phi) is 4.97. The van der Waals surface area contributed by atoms with E-state index < -0.39 is 22.0 Å². The minimum Gasteiger partial charge on any atom is -0.480 e. The van der Waals surface area contributed by atoms with Crippen LogP contribution < -0.4 is 5.32 Å². The molecule has 1 aliphatic rings. The number of hydrogen-bond acceptors (Lipinski definition) is 4. The molecule has 1 aliphatic heterocycles. The molecule has 1 saturated heterocycles. The van der Waals surface area contributed by atoms with Crippen LogP contribution in [0.4, 0.5) is 0 Å². The molecule has 0 spiro atoms. The van der Waals surface area contributed by atoms with Crippen molar-refractivity contribution in [3.05, 3.63) is 35.9 Å². The quantitative estimate of drug-likeness (QED) is 0.826. The number of carbonyl (C=O) groups is 1. The Balaban J connectivity index is 2.15. The van der Waals surface area contributed by atoms with E-state index in [1.54, 1.807) is 0 Å². The highest BCUT2D eigenvalue weighted by Gasteiger charge is 2.37. The molecule has 6 nitrogen and oxygen atoms in total. The second-order valence-corrected chi connectivity index (χ2v) is 7.23. The van der Waals surface area contributed by atoms with Crippen LogP contribution in [0.2, 0.25) is 0 Å². The van der Waals surface area contributed by atoms with Gasteiger partial charge in [-0.2, -0.15) is 4.31 Å². The summed E-state index contributed by atoms with van der Waals surface area (Å²) in [5, 5.41) is 12.1. The van der Waals surface area contributed by atoms with Crippen molar-refractivity contribution in [2.45, 2.75) is 18.9 Å². The number of aliphatic carboxylic acids is 1. The molecule has 7 heteroatoms. The summed E-state index contributed by atoms with van der Waals surface area (Å²) in [6.45, 7) is 2.66. The summed E-state index contributed by atoms with van der Waals surface area (Å²) < 4.78 is 26.2. The lowest BCUT2D eigenvalue weighted by molar-refractivity contribution is -0.141. The largest absolute Gasteiger partial charge is 0.480 e. The molecule has 1 fully saturated rings. The fourth-order valence-electron chi connectivity index (χ4n) is 2.52. The molecule has 1 heterocycles. The zero-order valence-electron chi connectivity index (χ0n) is 11.9. The Morgan fingerprint density at radius 1 is 1.43 bits per heavy atom. The van der Waals surface area contributed by atoms with E-state index in [-0.39, 0.29) is 24.8 Å². The lowest BCUT2D eigenvalue weighted by Gasteiger charge is -2.33. The third-order valence-electron chi connectivity index (χ3n) is 3.67. The van der Waals surface area contributed by atoms with Gasteiger partial charge in [-0.3, -0.25) is 4.79 Å². The number of nitrogens with one attached hydrogen (secondary N) is 1. The van der Waals surface area contributed by atoms with Gasteiger partial charge in [0.2, 0.25) is 10.0 Å². The molecule has 0 radical (unpaired) electrons. The highest BCUT2D eigenvalue weighted by Crippen LogP contribution is 2.20. The second kappa shape index (κ2) is 6.55. The molecular weight excluding hydrogens is 292 g/mol. The standard InChI is InChI=1S/C14H20N2O4S/c1-11(12-5-3-2-4-6-12)10-21(19,20)16-8-7-15-9-13(16)14(17)18/h2-6,11,13,15H,7-10H2,1H3,(H,17,18). The summed E-state index contributed by atoms with van der Waals surface area (Å²) >= 11 is 0. The van der Waals surface area contributed by atoms with Gasteiger partial charge in [-0.1, -0.05) is 37.3 Å². The Morgan fingerprint density at radius 2 is 2.10 bits per heavy atom. The number of carboxylic acid groups (broad SMARTS) is 1. The van der Waals surface area contributed by atoms with E-state index in [0.29, 0.717) is 6.54 Å². The van der Waals surface area contributed by atoms with Crippen molar-refractivity contribution in [2.24, 2.45) is 0 Å². The highest BCUT2D eigenvalue weighted by atomic mass is 32.2. The van der Waals surface area contributed by atoms with E-state index in [1.807, 2.05) is 37.3 Å². The number of piperazine rings is 1. The number of nitrogens with zero attached hydrogens (tertiary/aromatic N) is 1. The van der Waals surface area contributed by atoms with Gasteiger partial charge in [-0.05, 0) is 11.5 Å². The third-order valence-corrected chi connectivity index (χ3v) is 5.74. The van der Waals surface area contributed by atoms with Crippen LogP contribution in [-0.2, 0) is 14.8 Å². The summed E-state index contributed by atoms with van der Waals surface area (Å²) in [5.41, 5.74) is 0.933. The first-order valence-electron chi connectivity index (χ1n) is 6.90. The van der Waals surface area contributed by atoms with E-state index in [1.165, 1.54) is 0 Å². The second-order valence-electron chi connectivity index (χ2n) is 5.26. The molecule has 116 valence electrons. The van der Waals surface area contributed by atoms with Crippen LogP contribution in [0.3, 0.4) is 0 Å². The van der Waals surface area contributed by atoms with Gasteiger partial charge >= 0.3 is 5.97 Å². The van der Waals surface area contributed by atoms with Gasteiger partial charge in [0, 0.05) is 19.6 Å². The maximum absolute atomic E-state index is 12.5. The molecule has 1 aromatic carbocycles. The van der Waals surface area contributed by atoms with E-state index in [2.05, 4.69) is 5.32 Å². The molecule has 0 amide bonds. The van der Waals surface area contributed by atoms with Gasteiger partial charge in [-0.15, -0.1) is 0 Å². The van der Waals surface area contributed by atoms with Crippen LogP contribution in [-0.4, -0.2) is 55.2 Å². The number of sulfonamides is 1. The smallest absolute Gasteiger partial charge is 0.323 e. The molecule has 0 aliphatic carbocycles. The predicted octanol–water partition coefficient (Wildman–Crippen LogP) is 0.478. The molecule has 1 aromatic rings. The van der Waals surface area contributed by atoms with Crippen LogP contribution in [0.1, 0.15) is 18.4 Å². The number of rotatable bonds is 5. The normalized spacial score (nSPS) is 21.9. The topological polar surface area (TPSA) is 86.7 Å². The van der Waals surface area contributed by atoms with Gasteiger partial charge in [0.25, 0.3) is 0 Å². The number of hydrogen-bond donors (Lipinski definition) is 2. The Bertz CT molecular complexity index is 588. The first-order valence-corrected chi connectivity index (χ1v) is 8.50. The molecule has 2 atom stereocenters. The molecule has 21 heavy (non-hydrogen) atoms. The zero-order chi connectivity index (χ0) is 15.5. The Hall–Kier alpha value is -1.44. The fourth-order valence-corrected chi connectivity index (χ4v) is 4.46. The van der Waals surface area contributed by atoms with E-state index in [4.69, 9.17) is 0 Å². The van der Waals surface area contributed by atoms with Crippen molar-refractivity contribution in [1.29, 1.82) is 0 Å². The van der Waals surface area contributed by atoms with Crippen molar-refractivity contribution in [1.82, 2.24) is 9.62 Å².